The quantitative estimate of drug-likeness (QED) is 0.317. The van der Waals surface area contributed by atoms with Crippen molar-refractivity contribution in [1.82, 2.24) is 0 Å². The van der Waals surface area contributed by atoms with E-state index in [-0.39, 0.29) is 19.8 Å². The molecule has 0 amide bonds. The minimum atomic E-state index is -0.891. The lowest BCUT2D eigenvalue weighted by molar-refractivity contribution is -0.0247. The van der Waals surface area contributed by atoms with Gasteiger partial charge in [0.1, 0.15) is 0 Å². The highest BCUT2D eigenvalue weighted by atomic mass is 16.6. The molecule has 0 aromatic heterocycles. The fourth-order valence-corrected chi connectivity index (χ4v) is 0.623. The van der Waals surface area contributed by atoms with Crippen LogP contribution in [0.25, 0.3) is 0 Å². The van der Waals surface area contributed by atoms with Crippen LogP contribution in [0.1, 0.15) is 0 Å². The molecule has 7 nitrogen and oxygen atoms in total. The molecule has 0 rings (SSSR count). The average Bonchev–Trinajstić information content (AvgIpc) is 1.88. The molecule has 7 heteroatoms. The second-order valence-electron chi connectivity index (χ2n) is 2.30. The molecular formula is C4H14N4O3. The van der Waals surface area contributed by atoms with Crippen molar-refractivity contribution >= 4 is 0 Å². The molecule has 11 heavy (non-hydrogen) atoms. The van der Waals surface area contributed by atoms with Crippen LogP contribution in [0.3, 0.4) is 0 Å². The van der Waals surface area contributed by atoms with Crippen molar-refractivity contribution in [3.63, 3.8) is 0 Å². The molecule has 68 valence electrons. The molecule has 0 aliphatic heterocycles. The SMILES string of the molecule is NOCC(N)(CON)CON. The summed E-state index contributed by atoms with van der Waals surface area (Å²) in [6.07, 6.45) is 0. The van der Waals surface area contributed by atoms with Gasteiger partial charge in [0.2, 0.25) is 0 Å². The van der Waals surface area contributed by atoms with Crippen molar-refractivity contribution in [2.24, 2.45) is 23.4 Å². The van der Waals surface area contributed by atoms with Gasteiger partial charge in [0, 0.05) is 0 Å². The third kappa shape index (κ3) is 4.22. The highest BCUT2D eigenvalue weighted by Crippen LogP contribution is 1.99. The molecule has 0 aliphatic rings. The van der Waals surface area contributed by atoms with E-state index in [1.807, 2.05) is 0 Å². The van der Waals surface area contributed by atoms with Crippen LogP contribution in [0.5, 0.6) is 0 Å². The van der Waals surface area contributed by atoms with Crippen LogP contribution in [-0.2, 0) is 14.5 Å². The third-order valence-corrected chi connectivity index (χ3v) is 1.11. The first-order chi connectivity index (χ1) is 5.18. The Hall–Kier alpha value is -0.280. The molecule has 0 aromatic rings. The second kappa shape index (κ2) is 5.38. The molecule has 0 spiro atoms. The second-order valence-corrected chi connectivity index (χ2v) is 2.30. The van der Waals surface area contributed by atoms with E-state index >= 15 is 0 Å². The smallest absolute Gasteiger partial charge is 0.0925 e. The Labute approximate surface area is 64.4 Å². The molecule has 0 bridgehead atoms. The minimum absolute atomic E-state index is 0.0569. The highest BCUT2D eigenvalue weighted by molar-refractivity contribution is 4.82. The Bertz CT molecular complexity index is 84.3. The first-order valence-corrected chi connectivity index (χ1v) is 2.92. The molecule has 8 N–H and O–H groups in total. The van der Waals surface area contributed by atoms with Gasteiger partial charge < -0.3 is 20.2 Å². The molecule has 0 aliphatic carbocycles. The topological polar surface area (TPSA) is 132 Å². The van der Waals surface area contributed by atoms with Crippen molar-refractivity contribution in [2.45, 2.75) is 5.54 Å². The van der Waals surface area contributed by atoms with Gasteiger partial charge in [-0.25, -0.2) is 17.7 Å². The van der Waals surface area contributed by atoms with Crippen molar-refractivity contribution in [3.8, 4) is 0 Å². The molecule has 0 saturated carbocycles. The summed E-state index contributed by atoms with van der Waals surface area (Å²) in [5.74, 6) is 14.4. The summed E-state index contributed by atoms with van der Waals surface area (Å²) in [6, 6.07) is 0. The zero-order valence-electron chi connectivity index (χ0n) is 6.16. The maximum atomic E-state index is 5.61. The molecule has 0 aromatic carbocycles. The van der Waals surface area contributed by atoms with Gasteiger partial charge in [0.15, 0.2) is 0 Å². The monoisotopic (exact) mass is 166 g/mol. The van der Waals surface area contributed by atoms with E-state index < -0.39 is 5.54 Å². The fourth-order valence-electron chi connectivity index (χ4n) is 0.623. The van der Waals surface area contributed by atoms with E-state index in [4.69, 9.17) is 23.4 Å². The maximum absolute atomic E-state index is 5.61. The standard InChI is InChI=1S/C4H14N4O3/c5-4(1-9-6,2-10-7)3-11-8/h1-3,5-8H2. The summed E-state index contributed by atoms with van der Waals surface area (Å²) >= 11 is 0. The van der Waals surface area contributed by atoms with Crippen molar-refractivity contribution < 1.29 is 14.5 Å². The number of rotatable bonds is 6. The van der Waals surface area contributed by atoms with Crippen LogP contribution in [0.2, 0.25) is 0 Å². The zero-order valence-corrected chi connectivity index (χ0v) is 6.16. The fraction of sp³-hybridized carbons (Fsp3) is 1.00. The lowest BCUT2D eigenvalue weighted by Gasteiger charge is -2.25. The van der Waals surface area contributed by atoms with Crippen LogP contribution < -0.4 is 23.4 Å². The molecule has 0 atom stereocenters. The van der Waals surface area contributed by atoms with Gasteiger partial charge in [-0.05, 0) is 0 Å². The van der Waals surface area contributed by atoms with Crippen molar-refractivity contribution in [1.29, 1.82) is 0 Å². The van der Waals surface area contributed by atoms with Gasteiger partial charge in [-0.2, -0.15) is 0 Å². The molecule has 0 saturated heterocycles. The summed E-state index contributed by atoms with van der Waals surface area (Å²) in [5, 5.41) is 0. The first kappa shape index (κ1) is 10.7. The van der Waals surface area contributed by atoms with Crippen molar-refractivity contribution in [3.05, 3.63) is 0 Å². The summed E-state index contributed by atoms with van der Waals surface area (Å²) in [7, 11) is 0. The summed E-state index contributed by atoms with van der Waals surface area (Å²) in [6.45, 7) is 0.171. The lowest BCUT2D eigenvalue weighted by atomic mass is 10.1. The van der Waals surface area contributed by atoms with E-state index in [0.717, 1.165) is 0 Å². The predicted octanol–water partition coefficient (Wildman–Crippen LogP) is -2.65. The Balaban J connectivity index is 3.79. The van der Waals surface area contributed by atoms with E-state index in [9.17, 15) is 0 Å². The van der Waals surface area contributed by atoms with Crippen molar-refractivity contribution in [2.75, 3.05) is 19.8 Å². The zero-order chi connectivity index (χ0) is 8.74. The molecule has 0 unspecified atom stereocenters. The highest BCUT2D eigenvalue weighted by Gasteiger charge is 2.26. The van der Waals surface area contributed by atoms with Crippen LogP contribution in [-0.4, -0.2) is 25.4 Å². The summed E-state index contributed by atoms with van der Waals surface area (Å²) < 4.78 is 0. The van der Waals surface area contributed by atoms with E-state index in [1.165, 1.54) is 0 Å². The van der Waals surface area contributed by atoms with Gasteiger partial charge in [0.05, 0.1) is 25.4 Å². The molecule has 0 heterocycles. The Kier molecular flexibility index (Phi) is 5.24. The summed E-state index contributed by atoms with van der Waals surface area (Å²) in [5.41, 5.74) is 4.72. The van der Waals surface area contributed by atoms with Gasteiger partial charge in [0.25, 0.3) is 0 Å². The number of hydrogen-bond donors (Lipinski definition) is 4. The van der Waals surface area contributed by atoms with E-state index in [1.54, 1.807) is 0 Å². The van der Waals surface area contributed by atoms with E-state index in [0.29, 0.717) is 0 Å². The van der Waals surface area contributed by atoms with Gasteiger partial charge in [-0.1, -0.05) is 0 Å². The first-order valence-electron chi connectivity index (χ1n) is 2.92. The third-order valence-electron chi connectivity index (χ3n) is 1.11. The predicted molar refractivity (Wildman–Crippen MR) is 37.3 cm³/mol. The van der Waals surface area contributed by atoms with Gasteiger partial charge in [-0.3, -0.25) is 0 Å². The minimum Gasteiger partial charge on any atom is -0.319 e. The Morgan fingerprint density at radius 3 is 1.27 bits per heavy atom. The summed E-state index contributed by atoms with van der Waals surface area (Å²) in [4.78, 5) is 12.9. The lowest BCUT2D eigenvalue weighted by Crippen LogP contribution is -2.54. The average molecular weight is 166 g/mol. The number of hydrogen-bond acceptors (Lipinski definition) is 7. The van der Waals surface area contributed by atoms with Gasteiger partial charge in [-0.15, -0.1) is 0 Å². The Morgan fingerprint density at radius 2 is 1.09 bits per heavy atom. The molecule has 0 radical (unpaired) electrons. The molecule has 0 fully saturated rings. The van der Waals surface area contributed by atoms with E-state index in [2.05, 4.69) is 14.5 Å². The Morgan fingerprint density at radius 1 is 0.818 bits per heavy atom. The van der Waals surface area contributed by atoms with Crippen LogP contribution >= 0.6 is 0 Å². The van der Waals surface area contributed by atoms with Crippen LogP contribution in [0, 0.1) is 0 Å². The maximum Gasteiger partial charge on any atom is 0.0925 e. The molecular weight excluding hydrogens is 152 g/mol. The largest absolute Gasteiger partial charge is 0.319 e. The normalized spacial score (nSPS) is 12.0. The van der Waals surface area contributed by atoms with Crippen LogP contribution in [0.15, 0.2) is 0 Å². The number of nitrogens with two attached hydrogens (primary N) is 4. The van der Waals surface area contributed by atoms with Gasteiger partial charge >= 0.3 is 0 Å². The van der Waals surface area contributed by atoms with Crippen LogP contribution in [0.4, 0.5) is 0 Å².